The molecule has 0 aliphatic carbocycles. The summed E-state index contributed by atoms with van der Waals surface area (Å²) in [7, 11) is 0. The van der Waals surface area contributed by atoms with Gasteiger partial charge < -0.3 is 9.64 Å². The van der Waals surface area contributed by atoms with Gasteiger partial charge in [0.05, 0.1) is 12.2 Å². The van der Waals surface area contributed by atoms with Gasteiger partial charge in [-0.2, -0.15) is 5.10 Å². The second-order valence-electron chi connectivity index (χ2n) is 7.57. The molecule has 2 heterocycles. The number of likely N-dealkylation sites (tertiary alicyclic amines) is 1. The van der Waals surface area contributed by atoms with Crippen molar-refractivity contribution >= 4 is 29.6 Å². The molecule has 0 N–H and O–H groups in total. The molecular formula is C23H28ClN3O3. The number of carbonyl (C=O) groups excluding carboxylic acids is 2. The van der Waals surface area contributed by atoms with Crippen molar-refractivity contribution in [2.45, 2.75) is 46.1 Å². The third-order valence-corrected chi connectivity index (χ3v) is 5.77. The monoisotopic (exact) mass is 429 g/mol. The van der Waals surface area contributed by atoms with Gasteiger partial charge in [-0.25, -0.2) is 4.79 Å². The molecular weight excluding hydrogens is 402 g/mol. The minimum absolute atomic E-state index is 0.126. The molecule has 0 saturated carbocycles. The van der Waals surface area contributed by atoms with Gasteiger partial charge in [0.15, 0.2) is 6.61 Å². The average molecular weight is 430 g/mol. The normalized spacial score (nSPS) is 14.7. The van der Waals surface area contributed by atoms with Crippen LogP contribution in [-0.4, -0.2) is 46.3 Å². The van der Waals surface area contributed by atoms with E-state index in [-0.39, 0.29) is 12.5 Å². The Balaban J connectivity index is 1.58. The number of hydrogen-bond acceptors (Lipinski definition) is 4. The molecule has 160 valence electrons. The summed E-state index contributed by atoms with van der Waals surface area (Å²) in [5.41, 5.74) is 3.57. The van der Waals surface area contributed by atoms with Crippen molar-refractivity contribution in [3.05, 3.63) is 57.9 Å². The summed E-state index contributed by atoms with van der Waals surface area (Å²) in [6.45, 7) is 5.67. The average Bonchev–Trinajstić information content (AvgIpc) is 2.92. The van der Waals surface area contributed by atoms with Gasteiger partial charge in [0.2, 0.25) is 0 Å². The van der Waals surface area contributed by atoms with Crippen LogP contribution in [0.15, 0.2) is 30.3 Å². The van der Waals surface area contributed by atoms with Crippen LogP contribution in [0.2, 0.25) is 5.02 Å². The Morgan fingerprint density at radius 1 is 1.13 bits per heavy atom. The number of carbonyl (C=O) groups is 2. The van der Waals surface area contributed by atoms with E-state index in [1.165, 1.54) is 6.08 Å². The van der Waals surface area contributed by atoms with E-state index in [9.17, 15) is 9.59 Å². The van der Waals surface area contributed by atoms with Gasteiger partial charge in [0.25, 0.3) is 5.91 Å². The first-order chi connectivity index (χ1) is 14.5. The Morgan fingerprint density at radius 2 is 1.83 bits per heavy atom. The summed E-state index contributed by atoms with van der Waals surface area (Å²) in [4.78, 5) is 26.1. The maximum Gasteiger partial charge on any atom is 0.331 e. The van der Waals surface area contributed by atoms with E-state index in [2.05, 4.69) is 5.10 Å². The van der Waals surface area contributed by atoms with E-state index < -0.39 is 5.97 Å². The summed E-state index contributed by atoms with van der Waals surface area (Å²) in [6.07, 6.45) is 7.36. The zero-order valence-corrected chi connectivity index (χ0v) is 18.3. The smallest absolute Gasteiger partial charge is 0.331 e. The Bertz CT molecular complexity index is 928. The quantitative estimate of drug-likeness (QED) is 0.511. The summed E-state index contributed by atoms with van der Waals surface area (Å²) < 4.78 is 7.02. The number of ether oxygens (including phenoxy) is 1. The van der Waals surface area contributed by atoms with Crippen molar-refractivity contribution in [3.8, 4) is 0 Å². The van der Waals surface area contributed by atoms with E-state index in [4.69, 9.17) is 16.3 Å². The van der Waals surface area contributed by atoms with E-state index in [1.807, 2.05) is 42.8 Å². The highest BCUT2D eigenvalue weighted by Crippen LogP contribution is 2.20. The van der Waals surface area contributed by atoms with Gasteiger partial charge in [0.1, 0.15) is 0 Å². The first-order valence-corrected chi connectivity index (χ1v) is 10.7. The molecule has 0 radical (unpaired) electrons. The highest BCUT2D eigenvalue weighted by molar-refractivity contribution is 6.31. The Hall–Kier alpha value is -2.60. The number of amides is 1. The minimum atomic E-state index is -0.532. The molecule has 30 heavy (non-hydrogen) atoms. The highest BCUT2D eigenvalue weighted by Gasteiger charge is 2.17. The van der Waals surface area contributed by atoms with Gasteiger partial charge in [0, 0.05) is 35.4 Å². The van der Waals surface area contributed by atoms with Crippen LogP contribution in [0.5, 0.6) is 0 Å². The first kappa shape index (κ1) is 22.1. The first-order valence-electron chi connectivity index (χ1n) is 10.4. The number of benzene rings is 1. The third kappa shape index (κ3) is 5.72. The fourth-order valence-electron chi connectivity index (χ4n) is 3.64. The third-order valence-electron chi connectivity index (χ3n) is 5.40. The van der Waals surface area contributed by atoms with Crippen LogP contribution in [0.3, 0.4) is 0 Å². The van der Waals surface area contributed by atoms with E-state index in [1.54, 1.807) is 11.0 Å². The van der Waals surface area contributed by atoms with Crippen LogP contribution in [0.4, 0.5) is 0 Å². The molecule has 1 aromatic heterocycles. The summed E-state index contributed by atoms with van der Waals surface area (Å²) in [6, 6.07) is 7.65. The molecule has 7 heteroatoms. The Morgan fingerprint density at radius 3 is 2.53 bits per heavy atom. The number of aryl methyl sites for hydroxylation is 1. The zero-order chi connectivity index (χ0) is 21.5. The predicted molar refractivity (Wildman–Crippen MR) is 117 cm³/mol. The maximum atomic E-state index is 12.2. The largest absolute Gasteiger partial charge is 0.452 e. The van der Waals surface area contributed by atoms with Crippen LogP contribution in [-0.2, 0) is 20.9 Å². The molecule has 2 aromatic rings. The fraction of sp³-hybridized carbons (Fsp3) is 0.435. The van der Waals surface area contributed by atoms with Crippen LogP contribution >= 0.6 is 11.6 Å². The lowest BCUT2D eigenvalue weighted by Gasteiger charge is -2.19. The van der Waals surface area contributed by atoms with E-state index in [0.717, 1.165) is 61.3 Å². The number of aromatic nitrogens is 2. The van der Waals surface area contributed by atoms with Crippen molar-refractivity contribution in [1.82, 2.24) is 14.7 Å². The maximum absolute atomic E-state index is 12.2. The lowest BCUT2D eigenvalue weighted by Crippen LogP contribution is -2.35. The minimum Gasteiger partial charge on any atom is -0.452 e. The second kappa shape index (κ2) is 10.4. The van der Waals surface area contributed by atoms with Crippen molar-refractivity contribution in [2.24, 2.45) is 0 Å². The van der Waals surface area contributed by atoms with Crippen LogP contribution in [0.25, 0.3) is 6.08 Å². The number of esters is 1. The molecule has 1 aromatic carbocycles. The number of rotatable bonds is 6. The predicted octanol–water partition coefficient (Wildman–Crippen LogP) is 4.16. The molecule has 1 amide bonds. The van der Waals surface area contributed by atoms with Gasteiger partial charge in [-0.1, -0.05) is 42.6 Å². The zero-order valence-electron chi connectivity index (χ0n) is 17.6. The molecule has 0 atom stereocenters. The summed E-state index contributed by atoms with van der Waals surface area (Å²) in [5.74, 6) is -0.658. The lowest BCUT2D eigenvalue weighted by atomic mass is 10.1. The molecule has 6 nitrogen and oxygen atoms in total. The second-order valence-corrected chi connectivity index (χ2v) is 7.98. The van der Waals surface area contributed by atoms with Gasteiger partial charge in [-0.05, 0) is 44.4 Å². The fourth-order valence-corrected chi connectivity index (χ4v) is 3.83. The van der Waals surface area contributed by atoms with Gasteiger partial charge in [-0.3, -0.25) is 9.48 Å². The van der Waals surface area contributed by atoms with Crippen LogP contribution in [0.1, 0.15) is 48.2 Å². The van der Waals surface area contributed by atoms with Gasteiger partial charge in [-0.15, -0.1) is 0 Å². The topological polar surface area (TPSA) is 64.4 Å². The van der Waals surface area contributed by atoms with Crippen molar-refractivity contribution in [2.75, 3.05) is 19.7 Å². The van der Waals surface area contributed by atoms with Crippen molar-refractivity contribution in [1.29, 1.82) is 0 Å². The van der Waals surface area contributed by atoms with Crippen LogP contribution < -0.4 is 0 Å². The molecule has 1 aliphatic heterocycles. The van der Waals surface area contributed by atoms with Crippen molar-refractivity contribution in [3.63, 3.8) is 0 Å². The van der Waals surface area contributed by atoms with E-state index in [0.29, 0.717) is 11.6 Å². The number of halogens is 1. The number of hydrogen-bond donors (Lipinski definition) is 0. The molecule has 0 unspecified atom stereocenters. The summed E-state index contributed by atoms with van der Waals surface area (Å²) >= 11 is 6.25. The van der Waals surface area contributed by atoms with E-state index >= 15 is 0 Å². The molecule has 1 saturated heterocycles. The van der Waals surface area contributed by atoms with Gasteiger partial charge >= 0.3 is 5.97 Å². The molecule has 1 aliphatic rings. The Kier molecular flexibility index (Phi) is 7.69. The molecule has 0 bridgehead atoms. The summed E-state index contributed by atoms with van der Waals surface area (Å²) in [5, 5.41) is 5.26. The lowest BCUT2D eigenvalue weighted by molar-refractivity contribution is -0.148. The number of nitrogens with zero attached hydrogens (tertiary/aromatic N) is 3. The Labute approximate surface area is 182 Å². The molecule has 3 rings (SSSR count). The molecule has 0 spiro atoms. The SMILES string of the molecule is Cc1nn(Cc2ccccc2Cl)c(C)c1/C=C/C(=O)OCC(=O)N1CCCCCC1. The standard InChI is InChI=1S/C23H28ClN3O3/c1-17-20(18(2)27(25-17)15-19-9-5-6-10-21(19)24)11-12-23(29)30-16-22(28)26-13-7-3-4-8-14-26/h5-6,9-12H,3-4,7-8,13-16H2,1-2H3/b12-11+. The molecule has 1 fully saturated rings. The highest BCUT2D eigenvalue weighted by atomic mass is 35.5. The van der Waals surface area contributed by atoms with Crippen LogP contribution in [0, 0.1) is 13.8 Å². The van der Waals surface area contributed by atoms with Crippen molar-refractivity contribution < 1.29 is 14.3 Å².